The van der Waals surface area contributed by atoms with Crippen molar-refractivity contribution < 1.29 is 14.6 Å². The maximum Gasteiger partial charge on any atom is 0.179 e. The number of phenolic OH excluding ortho intramolecular Hbond substituents is 1. The van der Waals surface area contributed by atoms with Crippen LogP contribution in [0.25, 0.3) is 0 Å². The van der Waals surface area contributed by atoms with E-state index in [0.717, 1.165) is 18.4 Å². The summed E-state index contributed by atoms with van der Waals surface area (Å²) in [4.78, 5) is 0. The SMILES string of the molecule is CC(N)C1(c2cc3c(c(Br)c2O)OCCO3)CC1. The minimum atomic E-state index is -0.109. The van der Waals surface area contributed by atoms with E-state index in [1.165, 1.54) is 0 Å². The molecule has 0 radical (unpaired) electrons. The molecule has 1 aromatic carbocycles. The largest absolute Gasteiger partial charge is 0.506 e. The summed E-state index contributed by atoms with van der Waals surface area (Å²) in [6.07, 6.45) is 2.01. The molecule has 0 saturated heterocycles. The molecule has 1 saturated carbocycles. The van der Waals surface area contributed by atoms with Gasteiger partial charge >= 0.3 is 0 Å². The third-order valence-electron chi connectivity index (χ3n) is 3.95. The van der Waals surface area contributed by atoms with Crippen LogP contribution in [-0.4, -0.2) is 24.4 Å². The van der Waals surface area contributed by atoms with E-state index in [2.05, 4.69) is 15.9 Å². The Balaban J connectivity index is 2.14. The number of phenols is 1. The number of hydrogen-bond donors (Lipinski definition) is 2. The van der Waals surface area contributed by atoms with E-state index >= 15 is 0 Å². The number of nitrogens with two attached hydrogens (primary N) is 1. The summed E-state index contributed by atoms with van der Waals surface area (Å²) in [5, 5.41) is 10.3. The third kappa shape index (κ3) is 1.61. The highest BCUT2D eigenvalue weighted by Gasteiger charge is 2.50. The Morgan fingerprint density at radius 1 is 1.39 bits per heavy atom. The van der Waals surface area contributed by atoms with Crippen LogP contribution in [0.1, 0.15) is 25.3 Å². The Hall–Kier alpha value is -0.940. The van der Waals surface area contributed by atoms with Crippen LogP contribution in [0.4, 0.5) is 0 Å². The van der Waals surface area contributed by atoms with Crippen LogP contribution in [0.2, 0.25) is 0 Å². The fourth-order valence-electron chi connectivity index (χ4n) is 2.62. The Bertz CT molecular complexity index is 497. The highest BCUT2D eigenvalue weighted by Crippen LogP contribution is 2.57. The molecule has 3 rings (SSSR count). The average Bonchev–Trinajstić information content (AvgIpc) is 3.15. The van der Waals surface area contributed by atoms with Gasteiger partial charge < -0.3 is 20.3 Å². The molecule has 4 nitrogen and oxygen atoms in total. The highest BCUT2D eigenvalue weighted by atomic mass is 79.9. The van der Waals surface area contributed by atoms with Crippen molar-refractivity contribution in [3.63, 3.8) is 0 Å². The normalized spacial score (nSPS) is 21.5. The molecule has 3 N–H and O–H groups in total. The number of halogens is 1. The van der Waals surface area contributed by atoms with Gasteiger partial charge in [-0.2, -0.15) is 0 Å². The Labute approximate surface area is 114 Å². The molecule has 0 aromatic heterocycles. The minimum absolute atomic E-state index is 0.0119. The zero-order valence-corrected chi connectivity index (χ0v) is 11.8. The summed E-state index contributed by atoms with van der Waals surface area (Å²) in [6.45, 7) is 3.02. The lowest BCUT2D eigenvalue weighted by Crippen LogP contribution is -2.32. The smallest absolute Gasteiger partial charge is 0.179 e. The summed E-state index contributed by atoms with van der Waals surface area (Å²) >= 11 is 3.39. The van der Waals surface area contributed by atoms with Gasteiger partial charge in [-0.25, -0.2) is 0 Å². The summed E-state index contributed by atoms with van der Waals surface area (Å²) in [7, 11) is 0. The molecule has 1 aliphatic heterocycles. The van der Waals surface area contributed by atoms with Gasteiger partial charge in [-0.15, -0.1) is 0 Å². The summed E-state index contributed by atoms with van der Waals surface area (Å²) in [5.41, 5.74) is 6.82. The second kappa shape index (κ2) is 4.03. The first-order chi connectivity index (χ1) is 8.56. The zero-order valence-electron chi connectivity index (χ0n) is 10.2. The van der Waals surface area contributed by atoms with Crippen molar-refractivity contribution in [3.05, 3.63) is 16.1 Å². The van der Waals surface area contributed by atoms with E-state index in [4.69, 9.17) is 15.2 Å². The standard InChI is InChI=1S/C13H16BrNO3/c1-7(15)13(2-3-13)8-6-9-12(10(14)11(8)16)18-5-4-17-9/h6-7,16H,2-5,15H2,1H3. The highest BCUT2D eigenvalue weighted by molar-refractivity contribution is 9.10. The van der Waals surface area contributed by atoms with Gasteiger partial charge in [0.05, 0.1) is 0 Å². The summed E-state index contributed by atoms with van der Waals surface area (Å²) < 4.78 is 11.7. The van der Waals surface area contributed by atoms with E-state index in [1.807, 2.05) is 13.0 Å². The van der Waals surface area contributed by atoms with Gasteiger partial charge in [0.25, 0.3) is 0 Å². The van der Waals surface area contributed by atoms with Gasteiger partial charge in [-0.05, 0) is 41.8 Å². The second-order valence-electron chi connectivity index (χ2n) is 5.06. The average molecular weight is 314 g/mol. The van der Waals surface area contributed by atoms with Crippen molar-refractivity contribution in [3.8, 4) is 17.2 Å². The maximum atomic E-state index is 10.3. The lowest BCUT2D eigenvalue weighted by Gasteiger charge is -2.26. The van der Waals surface area contributed by atoms with E-state index in [0.29, 0.717) is 29.2 Å². The Morgan fingerprint density at radius 3 is 2.67 bits per heavy atom. The van der Waals surface area contributed by atoms with E-state index < -0.39 is 0 Å². The first kappa shape index (κ1) is 12.1. The molecule has 1 heterocycles. The van der Waals surface area contributed by atoms with Crippen molar-refractivity contribution in [1.82, 2.24) is 0 Å². The van der Waals surface area contributed by atoms with Crippen LogP contribution in [-0.2, 0) is 5.41 Å². The van der Waals surface area contributed by atoms with Crippen molar-refractivity contribution in [2.24, 2.45) is 5.73 Å². The second-order valence-corrected chi connectivity index (χ2v) is 5.85. The molecule has 2 aliphatic rings. The number of rotatable bonds is 2. The molecule has 1 aliphatic carbocycles. The third-order valence-corrected chi connectivity index (χ3v) is 4.68. The fourth-order valence-corrected chi connectivity index (χ4v) is 3.14. The van der Waals surface area contributed by atoms with E-state index in [-0.39, 0.29) is 17.2 Å². The van der Waals surface area contributed by atoms with E-state index in [1.54, 1.807) is 0 Å². The molecule has 18 heavy (non-hydrogen) atoms. The molecule has 98 valence electrons. The summed E-state index contributed by atoms with van der Waals surface area (Å²) in [6, 6.07) is 1.89. The number of benzene rings is 1. The molecule has 1 unspecified atom stereocenters. The van der Waals surface area contributed by atoms with Gasteiger partial charge in [0.1, 0.15) is 23.4 Å². The van der Waals surface area contributed by atoms with E-state index in [9.17, 15) is 5.11 Å². The Kier molecular flexibility index (Phi) is 2.71. The van der Waals surface area contributed by atoms with Gasteiger partial charge in [0, 0.05) is 17.0 Å². The topological polar surface area (TPSA) is 64.7 Å². The lowest BCUT2D eigenvalue weighted by molar-refractivity contribution is 0.169. The maximum absolute atomic E-state index is 10.3. The van der Waals surface area contributed by atoms with Gasteiger partial charge in [-0.3, -0.25) is 0 Å². The zero-order chi connectivity index (χ0) is 12.9. The number of hydrogen-bond acceptors (Lipinski definition) is 4. The van der Waals surface area contributed by atoms with Crippen LogP contribution < -0.4 is 15.2 Å². The first-order valence-corrected chi connectivity index (χ1v) is 6.93. The quantitative estimate of drug-likeness (QED) is 0.879. The first-order valence-electron chi connectivity index (χ1n) is 6.13. The molecule has 1 aromatic rings. The van der Waals surface area contributed by atoms with Crippen molar-refractivity contribution >= 4 is 15.9 Å². The molecular weight excluding hydrogens is 298 g/mol. The predicted octanol–water partition coefficient (Wildman–Crippen LogP) is 2.30. The molecule has 1 fully saturated rings. The van der Waals surface area contributed by atoms with Crippen LogP contribution in [0.3, 0.4) is 0 Å². The Morgan fingerprint density at radius 2 is 2.06 bits per heavy atom. The molecular formula is C13H16BrNO3. The van der Waals surface area contributed by atoms with Gasteiger partial charge in [-0.1, -0.05) is 0 Å². The molecule has 1 atom stereocenters. The molecule has 5 heteroatoms. The van der Waals surface area contributed by atoms with Crippen molar-refractivity contribution in [2.75, 3.05) is 13.2 Å². The number of aromatic hydroxyl groups is 1. The van der Waals surface area contributed by atoms with Crippen molar-refractivity contribution in [1.29, 1.82) is 0 Å². The molecule has 0 amide bonds. The van der Waals surface area contributed by atoms with Gasteiger partial charge in [0.15, 0.2) is 11.5 Å². The fraction of sp³-hybridized carbons (Fsp3) is 0.538. The van der Waals surface area contributed by atoms with Crippen LogP contribution in [0.15, 0.2) is 10.5 Å². The number of ether oxygens (including phenoxy) is 2. The lowest BCUT2D eigenvalue weighted by atomic mass is 9.88. The van der Waals surface area contributed by atoms with Gasteiger partial charge in [0.2, 0.25) is 0 Å². The van der Waals surface area contributed by atoms with Crippen LogP contribution in [0, 0.1) is 0 Å². The van der Waals surface area contributed by atoms with Crippen LogP contribution >= 0.6 is 15.9 Å². The summed E-state index contributed by atoms with van der Waals surface area (Å²) in [5.74, 6) is 1.50. The molecule has 0 spiro atoms. The number of fused-ring (bicyclic) bond motifs is 1. The minimum Gasteiger partial charge on any atom is -0.506 e. The predicted molar refractivity (Wildman–Crippen MR) is 71.4 cm³/mol. The van der Waals surface area contributed by atoms with Crippen molar-refractivity contribution in [2.45, 2.75) is 31.2 Å². The van der Waals surface area contributed by atoms with Crippen LogP contribution in [0.5, 0.6) is 17.2 Å². The molecule has 0 bridgehead atoms. The monoisotopic (exact) mass is 313 g/mol.